The number of aryl methyl sites for hydroxylation is 1. The Balaban J connectivity index is 1.64. The number of amides is 2. The van der Waals surface area contributed by atoms with E-state index in [0.29, 0.717) is 17.6 Å². The third kappa shape index (κ3) is 6.72. The minimum absolute atomic E-state index is 0.0907. The Bertz CT molecular complexity index is 1060. The van der Waals surface area contributed by atoms with E-state index in [1.54, 1.807) is 17.3 Å². The van der Waals surface area contributed by atoms with Crippen LogP contribution in [-0.4, -0.2) is 28.2 Å². The fraction of sp³-hybridized carbons (Fsp3) is 0.240. The first-order valence-electron chi connectivity index (χ1n) is 10.4. The summed E-state index contributed by atoms with van der Waals surface area (Å²) in [6.45, 7) is 3.13. The number of halogens is 2. The number of pyridine rings is 1. The predicted molar refractivity (Wildman–Crippen MR) is 125 cm³/mol. The maximum Gasteiger partial charge on any atom is 0.252 e. The van der Waals surface area contributed by atoms with Gasteiger partial charge in [0.1, 0.15) is 5.82 Å². The van der Waals surface area contributed by atoms with Gasteiger partial charge in [-0.2, -0.15) is 0 Å². The van der Waals surface area contributed by atoms with Crippen LogP contribution in [0.3, 0.4) is 0 Å². The maximum absolute atomic E-state index is 13.5. The summed E-state index contributed by atoms with van der Waals surface area (Å²) in [5, 5.41) is 2.70. The molecule has 0 bridgehead atoms. The van der Waals surface area contributed by atoms with Crippen molar-refractivity contribution in [1.29, 1.82) is 0 Å². The molecule has 32 heavy (non-hydrogen) atoms. The second-order valence-electron chi connectivity index (χ2n) is 7.41. The highest BCUT2D eigenvalue weighted by atomic mass is 79.9. The lowest BCUT2D eigenvalue weighted by Crippen LogP contribution is -2.34. The Morgan fingerprint density at radius 2 is 1.75 bits per heavy atom. The first-order valence-corrected chi connectivity index (χ1v) is 11.2. The standard InChI is InChI=1S/C25H25BrFN3O2/c1-2-18-5-7-19(8-6-18)16-30(17-20-4-3-12-28-15-20)24(31)11-13-29-25(32)22-14-21(27)9-10-23(22)26/h3-10,12,14-15H,2,11,13,16-17H2,1H3,(H,29,32). The van der Waals surface area contributed by atoms with Crippen LogP contribution in [0.25, 0.3) is 0 Å². The summed E-state index contributed by atoms with van der Waals surface area (Å²) in [7, 11) is 0. The Morgan fingerprint density at radius 1 is 1.03 bits per heavy atom. The Hall–Kier alpha value is -3.06. The van der Waals surface area contributed by atoms with Crippen LogP contribution in [0.1, 0.15) is 40.4 Å². The summed E-state index contributed by atoms with van der Waals surface area (Å²) in [5.41, 5.74) is 3.40. The highest BCUT2D eigenvalue weighted by molar-refractivity contribution is 9.10. The van der Waals surface area contributed by atoms with E-state index in [1.807, 2.05) is 24.3 Å². The third-order valence-electron chi connectivity index (χ3n) is 5.05. The van der Waals surface area contributed by atoms with Crippen LogP contribution in [-0.2, 0) is 24.3 Å². The Labute approximate surface area is 195 Å². The van der Waals surface area contributed by atoms with E-state index in [9.17, 15) is 14.0 Å². The summed E-state index contributed by atoms with van der Waals surface area (Å²) in [4.78, 5) is 31.3. The van der Waals surface area contributed by atoms with Crippen LogP contribution in [0.5, 0.6) is 0 Å². The molecule has 0 atom stereocenters. The van der Waals surface area contributed by atoms with Gasteiger partial charge in [-0.25, -0.2) is 4.39 Å². The van der Waals surface area contributed by atoms with E-state index >= 15 is 0 Å². The zero-order chi connectivity index (χ0) is 22.9. The van der Waals surface area contributed by atoms with E-state index < -0.39 is 11.7 Å². The smallest absolute Gasteiger partial charge is 0.252 e. The monoisotopic (exact) mass is 497 g/mol. The molecule has 0 aliphatic carbocycles. The van der Waals surface area contributed by atoms with Gasteiger partial charge in [0.25, 0.3) is 5.91 Å². The lowest BCUT2D eigenvalue weighted by molar-refractivity contribution is -0.132. The molecule has 1 heterocycles. The number of benzene rings is 2. The first-order chi connectivity index (χ1) is 15.5. The zero-order valence-electron chi connectivity index (χ0n) is 17.9. The highest BCUT2D eigenvalue weighted by Gasteiger charge is 2.16. The molecule has 0 saturated heterocycles. The number of nitrogens with zero attached hydrogens (tertiary/aromatic N) is 2. The Kier molecular flexibility index (Phi) is 8.50. The topological polar surface area (TPSA) is 62.3 Å². The van der Waals surface area contributed by atoms with Crippen molar-refractivity contribution in [2.24, 2.45) is 0 Å². The molecule has 3 aromatic rings. The maximum atomic E-state index is 13.5. The van der Waals surface area contributed by atoms with Gasteiger partial charge in [0, 0.05) is 42.9 Å². The lowest BCUT2D eigenvalue weighted by atomic mass is 10.1. The second kappa shape index (κ2) is 11.5. The average Bonchev–Trinajstić information content (AvgIpc) is 2.81. The molecule has 0 aliphatic heterocycles. The fourth-order valence-electron chi connectivity index (χ4n) is 3.25. The molecule has 7 heteroatoms. The summed E-state index contributed by atoms with van der Waals surface area (Å²) in [6.07, 6.45) is 4.52. The summed E-state index contributed by atoms with van der Waals surface area (Å²) >= 11 is 3.25. The van der Waals surface area contributed by atoms with Crippen molar-refractivity contribution in [2.45, 2.75) is 32.9 Å². The van der Waals surface area contributed by atoms with Crippen molar-refractivity contribution in [1.82, 2.24) is 15.2 Å². The summed E-state index contributed by atoms with van der Waals surface area (Å²) in [5.74, 6) is -1.02. The summed E-state index contributed by atoms with van der Waals surface area (Å²) < 4.78 is 14.0. The number of rotatable bonds is 9. The van der Waals surface area contributed by atoms with Crippen molar-refractivity contribution >= 4 is 27.7 Å². The average molecular weight is 498 g/mol. The van der Waals surface area contributed by atoms with E-state index in [1.165, 1.54) is 17.7 Å². The van der Waals surface area contributed by atoms with Gasteiger partial charge in [0.2, 0.25) is 5.91 Å². The van der Waals surface area contributed by atoms with Crippen LogP contribution in [0.2, 0.25) is 0 Å². The van der Waals surface area contributed by atoms with E-state index in [0.717, 1.165) is 23.6 Å². The van der Waals surface area contributed by atoms with Gasteiger partial charge in [0.05, 0.1) is 5.56 Å². The van der Waals surface area contributed by atoms with Crippen LogP contribution in [0.15, 0.2) is 71.5 Å². The van der Waals surface area contributed by atoms with Gasteiger partial charge in [-0.15, -0.1) is 0 Å². The number of carbonyl (C=O) groups excluding carboxylic acids is 2. The quantitative estimate of drug-likeness (QED) is 0.457. The van der Waals surface area contributed by atoms with E-state index in [4.69, 9.17) is 0 Å². The normalized spacial score (nSPS) is 10.6. The molecule has 2 amide bonds. The van der Waals surface area contributed by atoms with Gasteiger partial charge >= 0.3 is 0 Å². The van der Waals surface area contributed by atoms with Crippen LogP contribution in [0.4, 0.5) is 4.39 Å². The summed E-state index contributed by atoms with van der Waals surface area (Å²) in [6, 6.07) is 15.9. The molecule has 2 aromatic carbocycles. The largest absolute Gasteiger partial charge is 0.351 e. The van der Waals surface area contributed by atoms with Gasteiger partial charge in [-0.1, -0.05) is 37.3 Å². The molecule has 5 nitrogen and oxygen atoms in total. The number of hydrogen-bond acceptors (Lipinski definition) is 3. The first kappa shape index (κ1) is 23.6. The van der Waals surface area contributed by atoms with Gasteiger partial charge in [-0.05, 0) is 63.3 Å². The molecular weight excluding hydrogens is 473 g/mol. The molecule has 1 aromatic heterocycles. The molecule has 0 aliphatic rings. The van der Waals surface area contributed by atoms with Crippen LogP contribution < -0.4 is 5.32 Å². The van der Waals surface area contributed by atoms with E-state index in [-0.39, 0.29) is 24.4 Å². The number of carbonyl (C=O) groups is 2. The Morgan fingerprint density at radius 3 is 2.44 bits per heavy atom. The zero-order valence-corrected chi connectivity index (χ0v) is 19.4. The van der Waals surface area contributed by atoms with Gasteiger partial charge in [0.15, 0.2) is 0 Å². The van der Waals surface area contributed by atoms with Gasteiger partial charge in [-0.3, -0.25) is 14.6 Å². The molecule has 0 saturated carbocycles. The van der Waals surface area contributed by atoms with Crippen molar-refractivity contribution in [3.8, 4) is 0 Å². The molecule has 3 rings (SSSR count). The molecule has 0 spiro atoms. The molecule has 0 unspecified atom stereocenters. The molecule has 0 fully saturated rings. The van der Waals surface area contributed by atoms with Crippen molar-refractivity contribution in [3.05, 3.63) is 99.5 Å². The number of nitrogens with one attached hydrogen (secondary N) is 1. The lowest BCUT2D eigenvalue weighted by Gasteiger charge is -2.23. The fourth-order valence-corrected chi connectivity index (χ4v) is 3.68. The van der Waals surface area contributed by atoms with Crippen LogP contribution in [0, 0.1) is 5.82 Å². The minimum atomic E-state index is -0.494. The van der Waals surface area contributed by atoms with Crippen molar-refractivity contribution in [3.63, 3.8) is 0 Å². The molecule has 166 valence electrons. The highest BCUT2D eigenvalue weighted by Crippen LogP contribution is 2.18. The third-order valence-corrected chi connectivity index (χ3v) is 5.74. The predicted octanol–water partition coefficient (Wildman–Crippen LogP) is 4.89. The molecule has 0 radical (unpaired) electrons. The van der Waals surface area contributed by atoms with Gasteiger partial charge < -0.3 is 10.2 Å². The minimum Gasteiger partial charge on any atom is -0.351 e. The van der Waals surface area contributed by atoms with E-state index in [2.05, 4.69) is 45.3 Å². The number of aromatic nitrogens is 1. The van der Waals surface area contributed by atoms with Crippen LogP contribution >= 0.6 is 15.9 Å². The number of hydrogen-bond donors (Lipinski definition) is 1. The molecule has 1 N–H and O–H groups in total. The second-order valence-corrected chi connectivity index (χ2v) is 8.27. The molecular formula is C25H25BrFN3O2. The SMILES string of the molecule is CCc1ccc(CN(Cc2cccnc2)C(=O)CCNC(=O)c2cc(F)ccc2Br)cc1. The van der Waals surface area contributed by atoms with Crippen molar-refractivity contribution in [2.75, 3.05) is 6.54 Å². The van der Waals surface area contributed by atoms with Crippen molar-refractivity contribution < 1.29 is 14.0 Å².